The quantitative estimate of drug-likeness (QED) is 0.191. The van der Waals surface area contributed by atoms with E-state index in [1.807, 2.05) is 0 Å². The van der Waals surface area contributed by atoms with Crippen molar-refractivity contribution in [3.8, 4) is 0 Å². The van der Waals surface area contributed by atoms with E-state index in [1.165, 1.54) is 49.4 Å². The van der Waals surface area contributed by atoms with Crippen molar-refractivity contribution in [2.24, 2.45) is 11.8 Å². The monoisotopic (exact) mass is 686 g/mol. The van der Waals surface area contributed by atoms with E-state index in [-0.39, 0.29) is 26.2 Å². The first-order chi connectivity index (χ1) is 18.1. The highest BCUT2D eigenvalue weighted by atomic mass is 35.5. The number of carbonyl (C=O) groups is 4. The van der Waals surface area contributed by atoms with Crippen LogP contribution in [0.5, 0.6) is 0 Å². The van der Waals surface area contributed by atoms with Crippen LogP contribution in [-0.4, -0.2) is 53.6 Å². The summed E-state index contributed by atoms with van der Waals surface area (Å²) in [6.45, 7) is 1.35. The highest BCUT2D eigenvalue weighted by Crippen LogP contribution is 2.77. The molecular weight excluding hydrogens is 676 g/mol. The number of ketones is 1. The molecule has 2 aromatic carbocycles. The molecule has 2 aliphatic carbocycles. The molecule has 3 amide bonds. The zero-order valence-corrected chi connectivity index (χ0v) is 25.4. The predicted molar refractivity (Wildman–Crippen MR) is 152 cm³/mol. The van der Waals surface area contributed by atoms with Gasteiger partial charge in [0.05, 0.1) is 32.5 Å². The van der Waals surface area contributed by atoms with E-state index in [0.29, 0.717) is 10.0 Å². The lowest BCUT2D eigenvalue weighted by atomic mass is 9.84. The van der Waals surface area contributed by atoms with E-state index in [4.69, 9.17) is 92.8 Å². The van der Waals surface area contributed by atoms with Crippen molar-refractivity contribution in [2.45, 2.75) is 27.0 Å². The molecule has 2 aromatic rings. The summed E-state index contributed by atoms with van der Waals surface area (Å²) in [7, 11) is 0. The molecule has 39 heavy (non-hydrogen) atoms. The van der Waals surface area contributed by atoms with E-state index in [9.17, 15) is 19.2 Å². The third kappa shape index (κ3) is 3.69. The minimum atomic E-state index is -2.16. The van der Waals surface area contributed by atoms with Crippen LogP contribution in [0.4, 0.5) is 0 Å². The average Bonchev–Trinajstić information content (AvgIpc) is 3.28. The molecule has 1 aliphatic heterocycles. The van der Waals surface area contributed by atoms with Crippen molar-refractivity contribution < 1.29 is 19.2 Å². The summed E-state index contributed by atoms with van der Waals surface area (Å²) in [6.07, 6.45) is 0. The third-order valence-corrected chi connectivity index (χ3v) is 12.1. The number of nitrogens with zero attached hydrogens (tertiary/aromatic N) is 2. The van der Waals surface area contributed by atoms with Crippen LogP contribution < -0.4 is 0 Å². The predicted octanol–water partition coefficient (Wildman–Crippen LogP) is 7.07. The van der Waals surface area contributed by atoms with Gasteiger partial charge in [-0.25, -0.2) is 5.01 Å². The number of fused-ring (bicyclic) bond motifs is 5. The summed E-state index contributed by atoms with van der Waals surface area (Å²) in [5.74, 6) is -6.52. The van der Waals surface area contributed by atoms with Gasteiger partial charge in [-0.2, -0.15) is 5.01 Å². The first-order valence-electron chi connectivity index (χ1n) is 11.2. The van der Waals surface area contributed by atoms with Crippen LogP contribution in [0.15, 0.2) is 58.6 Å². The first kappa shape index (κ1) is 29.3. The lowest BCUT2D eigenvalue weighted by Gasteiger charge is -2.38. The lowest BCUT2D eigenvalue weighted by molar-refractivity contribution is -0.157. The number of allylic oxidation sites excluding steroid dienone is 2. The number of rotatable bonds is 5. The number of halogens is 8. The van der Waals surface area contributed by atoms with Gasteiger partial charge in [-0.05, 0) is 43.3 Å². The highest BCUT2D eigenvalue weighted by molar-refractivity contribution is 6.66. The molecule has 14 heteroatoms. The Labute approximate surface area is 262 Å². The summed E-state index contributed by atoms with van der Waals surface area (Å²) in [5, 5.41) is 1.09. The lowest BCUT2D eigenvalue weighted by Crippen LogP contribution is -2.59. The van der Waals surface area contributed by atoms with Crippen LogP contribution in [0, 0.1) is 11.8 Å². The number of Topliss-reactive ketones (excluding diaryl/α,β-unsaturated/α-hetero) is 1. The minimum Gasteiger partial charge on any atom is -0.292 e. The number of alkyl halides is 4. The van der Waals surface area contributed by atoms with Gasteiger partial charge in [-0.1, -0.05) is 81.7 Å². The summed E-state index contributed by atoms with van der Waals surface area (Å²) in [6, 6.07) is 10.4. The molecule has 0 radical (unpaired) electrons. The summed E-state index contributed by atoms with van der Waals surface area (Å²) in [4.78, 5) is 51.3. The molecule has 5 atom stereocenters. The van der Waals surface area contributed by atoms with E-state index in [2.05, 4.69) is 0 Å². The Bertz CT molecular complexity index is 1450. The Kier molecular flexibility index (Phi) is 7.26. The molecule has 0 aromatic heterocycles. The van der Waals surface area contributed by atoms with Gasteiger partial charge in [0.25, 0.3) is 17.7 Å². The number of carbonyl (C=O) groups excluding carboxylic acids is 4. The molecule has 5 rings (SSSR count). The second-order valence-electron chi connectivity index (χ2n) is 9.25. The summed E-state index contributed by atoms with van der Waals surface area (Å²) in [5.41, 5.74) is 0.0917. The van der Waals surface area contributed by atoms with E-state index >= 15 is 0 Å². The van der Waals surface area contributed by atoms with Crippen molar-refractivity contribution in [1.82, 2.24) is 10.0 Å². The third-order valence-electron chi connectivity index (χ3n) is 7.29. The Balaban J connectivity index is 1.65. The second-order valence-corrected chi connectivity index (χ2v) is 13.4. The standard InChI is InChI=1S/C25H14Cl8N2O4/c1-10(17(36)11-6-8-12(26)9-7-11)34(20(37)13-4-2-3-5-14(13)27)35-21(38)15-16(22(35)39)24(31)19(29)18(28)23(15,30)25(24,32)33/h2-10,15-16H,1H3/t10-,15-,16-,23-,24-/m1/s1. The Morgan fingerprint density at radius 2 is 1.31 bits per heavy atom. The number of hydrogen-bond donors (Lipinski definition) is 0. The number of amides is 3. The van der Waals surface area contributed by atoms with Crippen LogP contribution in [0.3, 0.4) is 0 Å². The van der Waals surface area contributed by atoms with Crippen LogP contribution in [-0.2, 0) is 9.59 Å². The van der Waals surface area contributed by atoms with Crippen LogP contribution in [0.2, 0.25) is 10.0 Å². The molecule has 6 nitrogen and oxygen atoms in total. The fraction of sp³-hybridized carbons (Fsp3) is 0.280. The van der Waals surface area contributed by atoms with Gasteiger partial charge in [-0.3, -0.25) is 19.2 Å². The van der Waals surface area contributed by atoms with Crippen molar-refractivity contribution >= 4 is 116 Å². The molecule has 1 saturated heterocycles. The van der Waals surface area contributed by atoms with Gasteiger partial charge in [0.1, 0.15) is 15.8 Å². The Morgan fingerprint density at radius 1 is 0.821 bits per heavy atom. The molecule has 2 bridgehead atoms. The molecule has 3 aliphatic rings. The topological polar surface area (TPSA) is 74.8 Å². The first-order valence-corrected chi connectivity index (χ1v) is 14.2. The van der Waals surface area contributed by atoms with Gasteiger partial charge in [0.15, 0.2) is 10.1 Å². The maximum absolute atomic E-state index is 14.0. The largest absolute Gasteiger partial charge is 0.292 e. The van der Waals surface area contributed by atoms with Crippen LogP contribution >= 0.6 is 92.8 Å². The van der Waals surface area contributed by atoms with Crippen LogP contribution in [0.25, 0.3) is 0 Å². The van der Waals surface area contributed by atoms with Crippen molar-refractivity contribution in [2.75, 3.05) is 0 Å². The smallest absolute Gasteiger partial charge is 0.275 e. The van der Waals surface area contributed by atoms with Gasteiger partial charge >= 0.3 is 0 Å². The normalized spacial score (nSPS) is 29.6. The van der Waals surface area contributed by atoms with Crippen molar-refractivity contribution in [3.63, 3.8) is 0 Å². The number of benzene rings is 2. The van der Waals surface area contributed by atoms with Crippen molar-refractivity contribution in [1.29, 1.82) is 0 Å². The van der Waals surface area contributed by atoms with Crippen molar-refractivity contribution in [3.05, 3.63) is 79.8 Å². The minimum absolute atomic E-state index is 0.0221. The number of hydrazine groups is 1. The summed E-state index contributed by atoms with van der Waals surface area (Å²) >= 11 is 51.7. The van der Waals surface area contributed by atoms with E-state index < -0.39 is 55.5 Å². The zero-order chi connectivity index (χ0) is 28.8. The average molecular weight is 690 g/mol. The maximum atomic E-state index is 14.0. The summed E-state index contributed by atoms with van der Waals surface area (Å²) < 4.78 is -2.16. The molecule has 1 saturated carbocycles. The van der Waals surface area contributed by atoms with E-state index in [0.717, 1.165) is 5.01 Å². The zero-order valence-electron chi connectivity index (χ0n) is 19.4. The molecule has 0 spiro atoms. The van der Waals surface area contributed by atoms with Gasteiger partial charge in [0.2, 0.25) is 0 Å². The molecular formula is C25H14Cl8N2O4. The second kappa shape index (κ2) is 9.67. The molecule has 0 N–H and O–H groups in total. The highest BCUT2D eigenvalue weighted by Gasteiger charge is 2.88. The van der Waals surface area contributed by atoms with Gasteiger partial charge in [0, 0.05) is 10.6 Å². The maximum Gasteiger partial charge on any atom is 0.275 e. The fourth-order valence-electron chi connectivity index (χ4n) is 5.36. The number of hydrogen-bond acceptors (Lipinski definition) is 4. The number of imide groups is 1. The van der Waals surface area contributed by atoms with Gasteiger partial charge < -0.3 is 0 Å². The van der Waals surface area contributed by atoms with E-state index in [1.54, 1.807) is 6.07 Å². The van der Waals surface area contributed by atoms with Gasteiger partial charge in [-0.15, -0.1) is 23.2 Å². The molecule has 2 fully saturated rings. The molecule has 204 valence electrons. The SMILES string of the molecule is C[C@H](C(=O)c1ccc(Cl)cc1)N(C(=O)c1ccccc1Cl)N1C(=O)[C@H]2[C@H](C1=O)[C@@]1(Cl)C(Cl)=C(Cl)[C@@]2(Cl)C1(Cl)Cl. The molecule has 1 heterocycles. The fourth-order valence-corrected chi connectivity index (χ4v) is 8.63. The Hall–Kier alpha value is -1.22. The van der Waals surface area contributed by atoms with Crippen LogP contribution in [0.1, 0.15) is 27.6 Å². The Morgan fingerprint density at radius 3 is 1.79 bits per heavy atom. The molecule has 0 unspecified atom stereocenters.